The Kier molecular flexibility index (Phi) is 3.85. The summed E-state index contributed by atoms with van der Waals surface area (Å²) in [6.07, 6.45) is 6.13. The van der Waals surface area contributed by atoms with E-state index < -0.39 is 0 Å². The van der Waals surface area contributed by atoms with Gasteiger partial charge in [0.1, 0.15) is 6.10 Å². The molecule has 3 atom stereocenters. The van der Waals surface area contributed by atoms with E-state index in [1.54, 1.807) is 12.1 Å². The van der Waals surface area contributed by atoms with Gasteiger partial charge in [0, 0.05) is 6.42 Å². The smallest absolute Gasteiger partial charge is 0.338 e. The molecule has 0 bridgehead atoms. The lowest BCUT2D eigenvalue weighted by Gasteiger charge is -2.43. The molecule has 3 rings (SSSR count). The van der Waals surface area contributed by atoms with E-state index in [9.17, 15) is 9.90 Å². The first-order chi connectivity index (χ1) is 10.1. The summed E-state index contributed by atoms with van der Waals surface area (Å²) in [5.74, 6) is -0.249. The van der Waals surface area contributed by atoms with Crippen LogP contribution >= 0.6 is 0 Å². The highest BCUT2D eigenvalue weighted by atomic mass is 16.5. The van der Waals surface area contributed by atoms with Gasteiger partial charge < -0.3 is 9.84 Å². The summed E-state index contributed by atoms with van der Waals surface area (Å²) >= 11 is 0. The van der Waals surface area contributed by atoms with Crippen molar-refractivity contribution in [2.75, 3.05) is 0 Å². The SMILES string of the molecule is C[C@]12CC[C@H](OC(=O)c3ccccc3)CC1=C[C@@H](O)CC2. The molecule has 3 nitrogen and oxygen atoms in total. The zero-order valence-electron chi connectivity index (χ0n) is 12.4. The first-order valence-electron chi connectivity index (χ1n) is 7.72. The number of benzene rings is 1. The molecule has 0 aliphatic heterocycles. The van der Waals surface area contributed by atoms with Crippen LogP contribution in [0.25, 0.3) is 0 Å². The number of fused-ring (bicyclic) bond motifs is 1. The summed E-state index contributed by atoms with van der Waals surface area (Å²) in [7, 11) is 0. The maximum atomic E-state index is 12.1. The molecular formula is C18H22O3. The van der Waals surface area contributed by atoms with E-state index in [2.05, 4.69) is 6.92 Å². The zero-order valence-corrected chi connectivity index (χ0v) is 12.4. The second kappa shape index (κ2) is 5.64. The van der Waals surface area contributed by atoms with Gasteiger partial charge in [-0.2, -0.15) is 0 Å². The summed E-state index contributed by atoms with van der Waals surface area (Å²) in [5, 5.41) is 9.82. The van der Waals surface area contributed by atoms with E-state index >= 15 is 0 Å². The molecule has 0 saturated heterocycles. The summed E-state index contributed by atoms with van der Waals surface area (Å²) in [6.45, 7) is 2.26. The molecule has 112 valence electrons. The number of ether oxygens (including phenoxy) is 1. The standard InChI is InChI=1S/C18H22O3/c1-18-9-7-15(19)11-14(18)12-16(8-10-18)21-17(20)13-5-3-2-4-6-13/h2-6,11,15-16,19H,7-10,12H2,1H3/t15-,16-,18-/m0/s1. The van der Waals surface area contributed by atoms with Crippen molar-refractivity contribution in [1.29, 1.82) is 0 Å². The molecule has 1 aromatic rings. The number of aliphatic hydroxyl groups is 1. The Morgan fingerprint density at radius 2 is 1.95 bits per heavy atom. The molecule has 1 N–H and O–H groups in total. The van der Waals surface area contributed by atoms with Gasteiger partial charge in [-0.1, -0.05) is 36.8 Å². The molecule has 1 aromatic carbocycles. The Hall–Kier alpha value is -1.61. The summed E-state index contributed by atoms with van der Waals surface area (Å²) in [5.41, 5.74) is 2.05. The van der Waals surface area contributed by atoms with E-state index in [4.69, 9.17) is 4.74 Å². The third-order valence-electron chi connectivity index (χ3n) is 4.91. The predicted molar refractivity (Wildman–Crippen MR) is 80.9 cm³/mol. The molecule has 2 aliphatic rings. The van der Waals surface area contributed by atoms with E-state index in [0.717, 1.165) is 32.1 Å². The molecule has 21 heavy (non-hydrogen) atoms. The second-order valence-corrected chi connectivity index (χ2v) is 6.49. The fourth-order valence-corrected chi connectivity index (χ4v) is 3.46. The van der Waals surface area contributed by atoms with Gasteiger partial charge >= 0.3 is 5.97 Å². The molecular weight excluding hydrogens is 264 g/mol. The van der Waals surface area contributed by atoms with Crippen molar-refractivity contribution in [3.05, 3.63) is 47.5 Å². The number of hydrogen-bond donors (Lipinski definition) is 1. The number of hydrogen-bond acceptors (Lipinski definition) is 3. The minimum Gasteiger partial charge on any atom is -0.458 e. The van der Waals surface area contributed by atoms with Gasteiger partial charge in [-0.05, 0) is 43.2 Å². The van der Waals surface area contributed by atoms with Crippen LogP contribution in [0, 0.1) is 5.41 Å². The van der Waals surface area contributed by atoms with Crippen LogP contribution in [0.5, 0.6) is 0 Å². The first-order valence-corrected chi connectivity index (χ1v) is 7.72. The molecule has 0 radical (unpaired) electrons. The van der Waals surface area contributed by atoms with Crippen LogP contribution in [0.2, 0.25) is 0 Å². The van der Waals surface area contributed by atoms with Crippen LogP contribution < -0.4 is 0 Å². The molecule has 3 heteroatoms. The lowest BCUT2D eigenvalue weighted by Crippen LogP contribution is -2.36. The van der Waals surface area contributed by atoms with Gasteiger partial charge in [-0.15, -0.1) is 0 Å². The second-order valence-electron chi connectivity index (χ2n) is 6.49. The Bertz CT molecular complexity index is 549. The highest BCUT2D eigenvalue weighted by molar-refractivity contribution is 5.89. The first kappa shape index (κ1) is 14.3. The van der Waals surface area contributed by atoms with Crippen LogP contribution in [-0.2, 0) is 4.74 Å². The lowest BCUT2D eigenvalue weighted by atomic mass is 9.65. The van der Waals surface area contributed by atoms with Crippen LogP contribution in [0.3, 0.4) is 0 Å². The number of aliphatic hydroxyl groups excluding tert-OH is 1. The van der Waals surface area contributed by atoms with Crippen molar-refractivity contribution >= 4 is 5.97 Å². The van der Waals surface area contributed by atoms with Crippen molar-refractivity contribution in [3.8, 4) is 0 Å². The molecule has 0 heterocycles. The normalized spacial score (nSPS) is 32.0. The van der Waals surface area contributed by atoms with E-state index in [1.165, 1.54) is 5.57 Å². The summed E-state index contributed by atoms with van der Waals surface area (Å²) in [6, 6.07) is 9.12. The Balaban J connectivity index is 1.68. The molecule has 2 aliphatic carbocycles. The highest BCUT2D eigenvalue weighted by Crippen LogP contribution is 2.47. The van der Waals surface area contributed by atoms with Crippen molar-refractivity contribution in [1.82, 2.24) is 0 Å². The Morgan fingerprint density at radius 3 is 2.71 bits per heavy atom. The lowest BCUT2D eigenvalue weighted by molar-refractivity contribution is 0.0155. The average Bonchev–Trinajstić information content (AvgIpc) is 2.49. The topological polar surface area (TPSA) is 46.5 Å². The van der Waals surface area contributed by atoms with Crippen molar-refractivity contribution in [2.24, 2.45) is 5.41 Å². The average molecular weight is 286 g/mol. The van der Waals surface area contributed by atoms with Gasteiger partial charge in [0.15, 0.2) is 0 Å². The van der Waals surface area contributed by atoms with Gasteiger partial charge in [-0.3, -0.25) is 0 Å². The third-order valence-corrected chi connectivity index (χ3v) is 4.91. The van der Waals surface area contributed by atoms with Crippen LogP contribution in [0.1, 0.15) is 49.4 Å². The maximum absolute atomic E-state index is 12.1. The molecule has 1 fully saturated rings. The fourth-order valence-electron chi connectivity index (χ4n) is 3.46. The predicted octanol–water partition coefficient (Wildman–Crippen LogP) is 3.48. The van der Waals surface area contributed by atoms with Gasteiger partial charge in [0.25, 0.3) is 0 Å². The third kappa shape index (κ3) is 3.03. The van der Waals surface area contributed by atoms with Crippen LogP contribution in [0.15, 0.2) is 42.0 Å². The molecule has 1 saturated carbocycles. The van der Waals surface area contributed by atoms with Crippen LogP contribution in [-0.4, -0.2) is 23.3 Å². The van der Waals surface area contributed by atoms with E-state index in [0.29, 0.717) is 5.56 Å². The minimum atomic E-state index is -0.336. The summed E-state index contributed by atoms with van der Waals surface area (Å²) < 4.78 is 5.65. The Labute approximate surface area is 125 Å². The minimum absolute atomic E-state index is 0.0673. The number of esters is 1. The molecule has 0 amide bonds. The number of rotatable bonds is 2. The van der Waals surface area contributed by atoms with E-state index in [-0.39, 0.29) is 23.6 Å². The van der Waals surface area contributed by atoms with Gasteiger partial charge in [-0.25, -0.2) is 4.79 Å². The fraction of sp³-hybridized carbons (Fsp3) is 0.500. The zero-order chi connectivity index (χ0) is 14.9. The Morgan fingerprint density at radius 1 is 1.24 bits per heavy atom. The van der Waals surface area contributed by atoms with E-state index in [1.807, 2.05) is 24.3 Å². The number of carbonyl (C=O) groups is 1. The monoisotopic (exact) mass is 286 g/mol. The van der Waals surface area contributed by atoms with Crippen molar-refractivity contribution < 1.29 is 14.6 Å². The maximum Gasteiger partial charge on any atom is 0.338 e. The highest BCUT2D eigenvalue weighted by Gasteiger charge is 2.39. The van der Waals surface area contributed by atoms with Crippen molar-refractivity contribution in [3.63, 3.8) is 0 Å². The van der Waals surface area contributed by atoms with Crippen molar-refractivity contribution in [2.45, 2.75) is 51.2 Å². The quantitative estimate of drug-likeness (QED) is 0.669. The van der Waals surface area contributed by atoms with Gasteiger partial charge in [0.2, 0.25) is 0 Å². The van der Waals surface area contributed by atoms with Crippen LogP contribution in [0.4, 0.5) is 0 Å². The number of carbonyl (C=O) groups excluding carboxylic acids is 1. The van der Waals surface area contributed by atoms with Gasteiger partial charge in [0.05, 0.1) is 11.7 Å². The molecule has 0 unspecified atom stereocenters. The summed E-state index contributed by atoms with van der Waals surface area (Å²) in [4.78, 5) is 12.1. The molecule has 0 spiro atoms. The largest absolute Gasteiger partial charge is 0.458 e. The molecule has 0 aromatic heterocycles.